The molecule has 3 fully saturated rings. The van der Waals surface area contributed by atoms with E-state index in [0.29, 0.717) is 6.42 Å². The van der Waals surface area contributed by atoms with Crippen LogP contribution in [0.15, 0.2) is 23.8 Å². The molecular formula is C28H38O8. The number of rotatable bonds is 6. The van der Waals surface area contributed by atoms with Gasteiger partial charge in [-0.15, -0.1) is 0 Å². The number of aliphatic hydroxyl groups excluding tert-OH is 1. The first kappa shape index (κ1) is 26.6. The van der Waals surface area contributed by atoms with Gasteiger partial charge in [0.1, 0.15) is 0 Å². The lowest BCUT2D eigenvalue weighted by molar-refractivity contribution is -0.209. The third-order valence-corrected chi connectivity index (χ3v) is 10.1. The van der Waals surface area contributed by atoms with Crippen LogP contribution < -0.4 is 0 Å². The van der Waals surface area contributed by atoms with E-state index in [2.05, 4.69) is 13.8 Å². The summed E-state index contributed by atoms with van der Waals surface area (Å²) in [7, 11) is 0. The van der Waals surface area contributed by atoms with Gasteiger partial charge in [-0.05, 0) is 63.0 Å². The number of Topliss-reactive ketones (excluding diaryl/α,β-unsaturated/α-hetero) is 1. The molecule has 0 radical (unpaired) electrons. The highest BCUT2D eigenvalue weighted by Crippen LogP contribution is 2.72. The third kappa shape index (κ3) is 3.58. The zero-order chi connectivity index (χ0) is 26.5. The number of allylic oxidation sites excluding steroid dienone is 4. The minimum Gasteiger partial charge on any atom is -0.457 e. The lowest BCUT2D eigenvalue weighted by Gasteiger charge is -2.65. The zero-order valence-electron chi connectivity index (χ0n) is 21.9. The lowest BCUT2D eigenvalue weighted by atomic mass is 9.39. The first-order valence-electron chi connectivity index (χ1n) is 13.1. The normalized spacial score (nSPS) is 40.9. The van der Waals surface area contributed by atoms with Crippen molar-refractivity contribution in [3.8, 4) is 0 Å². The van der Waals surface area contributed by atoms with E-state index in [-0.39, 0.29) is 43.5 Å². The smallest absolute Gasteiger partial charge is 0.457 e. The predicted octanol–water partition coefficient (Wildman–Crippen LogP) is 4.09. The molecule has 4 aliphatic carbocycles. The van der Waals surface area contributed by atoms with Crippen molar-refractivity contribution < 1.29 is 38.5 Å². The second kappa shape index (κ2) is 9.12. The Bertz CT molecular complexity index is 1030. The number of fused-ring (bicyclic) bond motifs is 5. The number of carbonyl (C=O) groups is 4. The Kier molecular flexibility index (Phi) is 6.73. The van der Waals surface area contributed by atoms with E-state index in [1.807, 2.05) is 13.0 Å². The molecule has 1 N–H and O–H groups in total. The van der Waals surface area contributed by atoms with Crippen LogP contribution in [0.1, 0.15) is 73.1 Å². The molecule has 4 aliphatic rings. The molecule has 0 aromatic carbocycles. The molecule has 0 saturated heterocycles. The Hall–Kier alpha value is -2.48. The molecule has 0 aliphatic heterocycles. The fourth-order valence-corrected chi connectivity index (χ4v) is 7.97. The second-order valence-electron chi connectivity index (χ2n) is 11.4. The number of aliphatic hydroxyl groups is 1. The summed E-state index contributed by atoms with van der Waals surface area (Å²) in [5.74, 6) is -1.04. The molecule has 198 valence electrons. The molecule has 0 heterocycles. The molecule has 0 aromatic heterocycles. The van der Waals surface area contributed by atoms with Crippen molar-refractivity contribution in [2.45, 2.75) is 84.8 Å². The number of hydrogen-bond donors (Lipinski definition) is 1. The van der Waals surface area contributed by atoms with Crippen LogP contribution in [0.3, 0.4) is 0 Å². The molecule has 8 nitrogen and oxygen atoms in total. The molecule has 0 bridgehead atoms. The molecule has 7 atom stereocenters. The van der Waals surface area contributed by atoms with E-state index in [0.717, 1.165) is 18.4 Å². The van der Waals surface area contributed by atoms with Crippen LogP contribution in [0.5, 0.6) is 0 Å². The third-order valence-electron chi connectivity index (χ3n) is 10.1. The maximum atomic E-state index is 13.7. The number of hydrogen-bond acceptors (Lipinski definition) is 8. The first-order valence-corrected chi connectivity index (χ1v) is 13.1. The van der Waals surface area contributed by atoms with Crippen LogP contribution in [0.2, 0.25) is 0 Å². The van der Waals surface area contributed by atoms with E-state index in [4.69, 9.17) is 14.2 Å². The molecule has 3 saturated carbocycles. The minimum absolute atomic E-state index is 0.0184. The number of esters is 1. The minimum atomic E-state index is -1.57. The SMILES string of the molecule is CCOC(=O)O[C@]1(C(=O)COC(=O)CC)CC[C@H]2[C@H]3CCC4=CC(=O)C=C[C@]4(C)[C@@]3(C)[C@@H](O)C[C@@]21C. The first-order chi connectivity index (χ1) is 16.9. The maximum absolute atomic E-state index is 13.7. The zero-order valence-corrected chi connectivity index (χ0v) is 21.9. The average molecular weight is 503 g/mol. The molecule has 8 heteroatoms. The van der Waals surface area contributed by atoms with E-state index >= 15 is 0 Å². The van der Waals surface area contributed by atoms with Crippen molar-refractivity contribution in [2.75, 3.05) is 13.2 Å². The lowest BCUT2D eigenvalue weighted by Crippen LogP contribution is -2.66. The van der Waals surface area contributed by atoms with Gasteiger partial charge in [-0.1, -0.05) is 39.3 Å². The summed E-state index contributed by atoms with van der Waals surface area (Å²) in [5, 5.41) is 11.8. The topological polar surface area (TPSA) is 116 Å². The number of carbonyl (C=O) groups excluding carboxylic acids is 4. The Morgan fingerprint density at radius 2 is 1.81 bits per heavy atom. The van der Waals surface area contributed by atoms with Gasteiger partial charge in [0.15, 0.2) is 18.0 Å². The summed E-state index contributed by atoms with van der Waals surface area (Å²) in [4.78, 5) is 50.3. The van der Waals surface area contributed by atoms with E-state index in [1.165, 1.54) is 0 Å². The van der Waals surface area contributed by atoms with Crippen LogP contribution in [0.25, 0.3) is 0 Å². The maximum Gasteiger partial charge on any atom is 0.509 e. The van der Waals surface area contributed by atoms with E-state index in [9.17, 15) is 24.3 Å². The van der Waals surface area contributed by atoms with Crippen LogP contribution >= 0.6 is 0 Å². The Balaban J connectivity index is 1.75. The highest BCUT2D eigenvalue weighted by molar-refractivity contribution is 6.01. The average Bonchev–Trinajstić information content (AvgIpc) is 3.11. The summed E-state index contributed by atoms with van der Waals surface area (Å²) < 4.78 is 16.1. The molecule has 36 heavy (non-hydrogen) atoms. The molecular weight excluding hydrogens is 464 g/mol. The van der Waals surface area contributed by atoms with Crippen LogP contribution in [0, 0.1) is 28.1 Å². The summed E-state index contributed by atoms with van der Waals surface area (Å²) in [6, 6.07) is 0. The fourth-order valence-electron chi connectivity index (χ4n) is 7.97. The van der Waals surface area contributed by atoms with Gasteiger partial charge in [0.2, 0.25) is 5.78 Å². The largest absolute Gasteiger partial charge is 0.509 e. The van der Waals surface area contributed by atoms with Crippen molar-refractivity contribution >= 4 is 23.7 Å². The van der Waals surface area contributed by atoms with Crippen molar-refractivity contribution in [2.24, 2.45) is 28.1 Å². The Morgan fingerprint density at radius 3 is 2.47 bits per heavy atom. The van der Waals surface area contributed by atoms with Gasteiger partial charge in [-0.2, -0.15) is 0 Å². The van der Waals surface area contributed by atoms with Crippen molar-refractivity contribution in [1.82, 2.24) is 0 Å². The molecule has 4 rings (SSSR count). The van der Waals surface area contributed by atoms with Gasteiger partial charge in [0.05, 0.1) is 12.7 Å². The molecule has 0 amide bonds. The second-order valence-corrected chi connectivity index (χ2v) is 11.4. The van der Waals surface area contributed by atoms with Crippen LogP contribution in [0.4, 0.5) is 4.79 Å². The summed E-state index contributed by atoms with van der Waals surface area (Å²) >= 11 is 0. The number of ether oxygens (including phenoxy) is 3. The predicted molar refractivity (Wildman–Crippen MR) is 130 cm³/mol. The Morgan fingerprint density at radius 1 is 1.08 bits per heavy atom. The standard InChI is InChI=1S/C28H38O8/c1-6-23(32)35-16-22(31)28(36-24(33)34-7-2)13-11-19-20-9-8-17-14-18(29)10-12-25(17,3)27(20,5)21(30)15-26(19,28)4/h10,12,14,19-21,30H,6-9,11,13,15-16H2,1-5H3/t19-,20+,21-,25-,26-,27+,28-/m0/s1. The Labute approximate surface area is 212 Å². The summed E-state index contributed by atoms with van der Waals surface area (Å²) in [6.45, 7) is 8.99. The van der Waals surface area contributed by atoms with Gasteiger partial charge in [0, 0.05) is 22.7 Å². The van der Waals surface area contributed by atoms with Crippen molar-refractivity contribution in [3.05, 3.63) is 23.8 Å². The summed E-state index contributed by atoms with van der Waals surface area (Å²) in [5.41, 5.74) is -2.50. The van der Waals surface area contributed by atoms with Gasteiger partial charge in [-0.25, -0.2) is 4.79 Å². The molecule has 0 aromatic rings. The highest BCUT2D eigenvalue weighted by Gasteiger charge is 2.73. The molecule has 0 spiro atoms. The summed E-state index contributed by atoms with van der Waals surface area (Å²) in [6.07, 6.45) is 6.18. The van der Waals surface area contributed by atoms with Gasteiger partial charge < -0.3 is 19.3 Å². The van der Waals surface area contributed by atoms with Crippen molar-refractivity contribution in [3.63, 3.8) is 0 Å². The van der Waals surface area contributed by atoms with E-state index < -0.39 is 52.5 Å². The fraction of sp³-hybridized carbons (Fsp3) is 0.714. The highest BCUT2D eigenvalue weighted by atomic mass is 16.7. The molecule has 0 unspecified atom stereocenters. The van der Waals surface area contributed by atoms with Crippen molar-refractivity contribution in [1.29, 1.82) is 0 Å². The van der Waals surface area contributed by atoms with Gasteiger partial charge >= 0.3 is 12.1 Å². The number of ketones is 2. The van der Waals surface area contributed by atoms with E-state index in [1.54, 1.807) is 26.0 Å². The van der Waals surface area contributed by atoms with Gasteiger partial charge in [0.25, 0.3) is 0 Å². The van der Waals surface area contributed by atoms with Crippen LogP contribution in [-0.2, 0) is 28.6 Å². The monoisotopic (exact) mass is 502 g/mol. The van der Waals surface area contributed by atoms with Crippen LogP contribution in [-0.4, -0.2) is 53.7 Å². The quantitative estimate of drug-likeness (QED) is 0.540. The van der Waals surface area contributed by atoms with Gasteiger partial charge in [-0.3, -0.25) is 14.4 Å².